The predicted octanol–water partition coefficient (Wildman–Crippen LogP) is 2.58. The number of hydrogen-bond acceptors (Lipinski definition) is 3. The second kappa shape index (κ2) is 4.71. The zero-order valence-electron chi connectivity index (χ0n) is 9.16. The first kappa shape index (κ1) is 10.6. The van der Waals surface area contributed by atoms with E-state index in [1.54, 1.807) is 11.8 Å². The maximum Gasteiger partial charge on any atom is 0.157 e. The number of thioether (sulfide) groups is 1. The van der Waals surface area contributed by atoms with Crippen molar-refractivity contribution in [2.24, 2.45) is 4.99 Å². The molecule has 15 heavy (non-hydrogen) atoms. The van der Waals surface area contributed by atoms with Gasteiger partial charge in [-0.05, 0) is 19.4 Å². The van der Waals surface area contributed by atoms with Crippen LogP contribution in [0.4, 0.5) is 0 Å². The van der Waals surface area contributed by atoms with Gasteiger partial charge in [-0.15, -0.1) is 0 Å². The van der Waals surface area contributed by atoms with Crippen molar-refractivity contribution in [1.82, 2.24) is 5.32 Å². The maximum atomic E-state index is 4.42. The third-order valence-corrected chi connectivity index (χ3v) is 3.37. The van der Waals surface area contributed by atoms with Gasteiger partial charge in [0.05, 0.1) is 6.54 Å². The second-order valence-corrected chi connectivity index (χ2v) is 4.93. The Morgan fingerprint density at radius 2 is 2.13 bits per heavy atom. The molecule has 0 amide bonds. The predicted molar refractivity (Wildman–Crippen MR) is 67.4 cm³/mol. The summed E-state index contributed by atoms with van der Waals surface area (Å²) in [5.41, 5.74) is 2.67. The normalized spacial score (nSPS) is 19.9. The summed E-state index contributed by atoms with van der Waals surface area (Å²) in [5, 5.41) is 4.43. The molecule has 80 valence electrons. The Kier molecular flexibility index (Phi) is 3.31. The Hall–Kier alpha value is -0.960. The molecule has 2 nitrogen and oxygen atoms in total. The molecule has 1 aliphatic rings. The first-order chi connectivity index (χ1) is 7.24. The zero-order valence-corrected chi connectivity index (χ0v) is 9.97. The number of aryl methyl sites for hydroxylation is 1. The van der Waals surface area contributed by atoms with E-state index < -0.39 is 0 Å². The van der Waals surface area contributed by atoms with Gasteiger partial charge >= 0.3 is 0 Å². The van der Waals surface area contributed by atoms with Crippen LogP contribution in [0.1, 0.15) is 18.1 Å². The Morgan fingerprint density at radius 1 is 1.40 bits per heavy atom. The molecular formula is C12H16N2S. The molecule has 1 aliphatic heterocycles. The van der Waals surface area contributed by atoms with E-state index in [1.165, 1.54) is 11.1 Å². The van der Waals surface area contributed by atoms with E-state index in [9.17, 15) is 0 Å². The van der Waals surface area contributed by atoms with Crippen LogP contribution in [-0.4, -0.2) is 17.8 Å². The van der Waals surface area contributed by atoms with E-state index in [0.717, 1.165) is 17.5 Å². The number of benzene rings is 1. The van der Waals surface area contributed by atoms with Crippen molar-refractivity contribution in [3.8, 4) is 0 Å². The average Bonchev–Trinajstić information content (AvgIpc) is 2.64. The molecule has 1 heterocycles. The fourth-order valence-electron chi connectivity index (χ4n) is 1.45. The van der Waals surface area contributed by atoms with Gasteiger partial charge in [0, 0.05) is 11.8 Å². The van der Waals surface area contributed by atoms with Crippen LogP contribution in [-0.2, 0) is 5.75 Å². The first-order valence-corrected chi connectivity index (χ1v) is 6.22. The van der Waals surface area contributed by atoms with E-state index in [1.807, 2.05) is 0 Å². The molecular weight excluding hydrogens is 204 g/mol. The summed E-state index contributed by atoms with van der Waals surface area (Å²) in [6, 6.07) is 9.18. The van der Waals surface area contributed by atoms with Gasteiger partial charge in [0.25, 0.3) is 0 Å². The van der Waals surface area contributed by atoms with Crippen LogP contribution in [0.5, 0.6) is 0 Å². The van der Waals surface area contributed by atoms with Crippen molar-refractivity contribution >= 4 is 16.9 Å². The van der Waals surface area contributed by atoms with Crippen molar-refractivity contribution in [3.63, 3.8) is 0 Å². The SMILES string of the molecule is Cc1ccc(CSC2=NC[C@H](C)N2)cc1. The lowest BCUT2D eigenvalue weighted by Crippen LogP contribution is -2.25. The van der Waals surface area contributed by atoms with Crippen molar-refractivity contribution in [2.75, 3.05) is 6.54 Å². The van der Waals surface area contributed by atoms with E-state index in [0.29, 0.717) is 6.04 Å². The van der Waals surface area contributed by atoms with Crippen molar-refractivity contribution in [2.45, 2.75) is 25.6 Å². The van der Waals surface area contributed by atoms with E-state index in [4.69, 9.17) is 0 Å². The van der Waals surface area contributed by atoms with Crippen LogP contribution in [0.2, 0.25) is 0 Å². The molecule has 3 heteroatoms. The highest BCUT2D eigenvalue weighted by Crippen LogP contribution is 2.16. The topological polar surface area (TPSA) is 24.4 Å². The van der Waals surface area contributed by atoms with Crippen LogP contribution in [0.3, 0.4) is 0 Å². The molecule has 0 saturated carbocycles. The van der Waals surface area contributed by atoms with Crippen molar-refractivity contribution in [1.29, 1.82) is 0 Å². The van der Waals surface area contributed by atoms with Gasteiger partial charge in [-0.1, -0.05) is 41.6 Å². The van der Waals surface area contributed by atoms with Crippen LogP contribution in [0, 0.1) is 6.92 Å². The van der Waals surface area contributed by atoms with E-state index in [-0.39, 0.29) is 0 Å². The molecule has 1 aromatic rings. The van der Waals surface area contributed by atoms with Gasteiger partial charge in [0.2, 0.25) is 0 Å². The largest absolute Gasteiger partial charge is 0.361 e. The molecule has 0 spiro atoms. The van der Waals surface area contributed by atoms with Crippen LogP contribution in [0.25, 0.3) is 0 Å². The number of nitrogens with one attached hydrogen (secondary N) is 1. The van der Waals surface area contributed by atoms with E-state index >= 15 is 0 Å². The van der Waals surface area contributed by atoms with Crippen LogP contribution >= 0.6 is 11.8 Å². The third kappa shape index (κ3) is 2.99. The number of nitrogens with zero attached hydrogens (tertiary/aromatic N) is 1. The molecule has 1 N–H and O–H groups in total. The highest BCUT2D eigenvalue weighted by atomic mass is 32.2. The smallest absolute Gasteiger partial charge is 0.157 e. The summed E-state index contributed by atoms with van der Waals surface area (Å²) >= 11 is 1.79. The van der Waals surface area contributed by atoms with Gasteiger partial charge in [-0.2, -0.15) is 0 Å². The molecule has 0 radical (unpaired) electrons. The Bertz CT molecular complexity index is 356. The van der Waals surface area contributed by atoms with Gasteiger partial charge < -0.3 is 5.32 Å². The molecule has 0 fully saturated rings. The fraction of sp³-hybridized carbons (Fsp3) is 0.417. The molecule has 1 aromatic carbocycles. The lowest BCUT2D eigenvalue weighted by Gasteiger charge is -2.05. The number of rotatable bonds is 2. The molecule has 0 aliphatic carbocycles. The summed E-state index contributed by atoms with van der Waals surface area (Å²) in [4.78, 5) is 4.42. The number of hydrogen-bond donors (Lipinski definition) is 1. The minimum atomic E-state index is 0.505. The van der Waals surface area contributed by atoms with Crippen LogP contribution in [0.15, 0.2) is 29.3 Å². The summed E-state index contributed by atoms with van der Waals surface area (Å²) in [5.74, 6) is 0.999. The first-order valence-electron chi connectivity index (χ1n) is 5.23. The maximum absolute atomic E-state index is 4.42. The molecule has 0 bridgehead atoms. The van der Waals surface area contributed by atoms with Crippen molar-refractivity contribution in [3.05, 3.63) is 35.4 Å². The zero-order chi connectivity index (χ0) is 10.7. The molecule has 0 unspecified atom stereocenters. The number of aliphatic imine (C=N–C) groups is 1. The summed E-state index contributed by atoms with van der Waals surface area (Å²) in [6.07, 6.45) is 0. The van der Waals surface area contributed by atoms with Gasteiger partial charge in [-0.3, -0.25) is 4.99 Å². The number of amidine groups is 1. The Labute approximate surface area is 95.2 Å². The molecule has 0 aromatic heterocycles. The monoisotopic (exact) mass is 220 g/mol. The van der Waals surface area contributed by atoms with Gasteiger partial charge in [-0.25, -0.2) is 0 Å². The third-order valence-electron chi connectivity index (χ3n) is 2.37. The lowest BCUT2D eigenvalue weighted by molar-refractivity contribution is 0.728. The summed E-state index contributed by atoms with van der Waals surface area (Å²) in [7, 11) is 0. The minimum absolute atomic E-state index is 0.505. The second-order valence-electron chi connectivity index (χ2n) is 3.97. The Balaban J connectivity index is 1.86. The van der Waals surface area contributed by atoms with Crippen molar-refractivity contribution < 1.29 is 0 Å². The summed E-state index contributed by atoms with van der Waals surface area (Å²) in [6.45, 7) is 5.18. The van der Waals surface area contributed by atoms with E-state index in [2.05, 4.69) is 48.4 Å². The van der Waals surface area contributed by atoms with Crippen LogP contribution < -0.4 is 5.32 Å². The summed E-state index contributed by atoms with van der Waals surface area (Å²) < 4.78 is 0. The highest BCUT2D eigenvalue weighted by molar-refractivity contribution is 8.13. The standard InChI is InChI=1S/C12H16N2S/c1-9-3-5-11(6-4-9)8-15-12-13-7-10(2)14-12/h3-6,10H,7-8H2,1-2H3,(H,13,14)/t10-/m0/s1. The highest BCUT2D eigenvalue weighted by Gasteiger charge is 2.12. The molecule has 0 saturated heterocycles. The lowest BCUT2D eigenvalue weighted by atomic mass is 10.2. The Morgan fingerprint density at radius 3 is 2.73 bits per heavy atom. The minimum Gasteiger partial charge on any atom is -0.361 e. The molecule has 2 rings (SSSR count). The average molecular weight is 220 g/mol. The quantitative estimate of drug-likeness (QED) is 0.828. The molecule has 1 atom stereocenters. The fourth-order valence-corrected chi connectivity index (χ4v) is 2.39. The van der Waals surface area contributed by atoms with Gasteiger partial charge in [0.1, 0.15) is 0 Å². The van der Waals surface area contributed by atoms with Gasteiger partial charge in [0.15, 0.2) is 5.17 Å².